The van der Waals surface area contributed by atoms with Crippen molar-refractivity contribution in [2.75, 3.05) is 43.9 Å². The predicted octanol–water partition coefficient (Wildman–Crippen LogP) is 3.52. The third-order valence-corrected chi connectivity index (χ3v) is 8.78. The first-order valence-corrected chi connectivity index (χ1v) is 13.6. The van der Waals surface area contributed by atoms with Crippen LogP contribution in [0.2, 0.25) is 0 Å². The third kappa shape index (κ3) is 3.60. The number of pyridine rings is 3. The maximum absolute atomic E-state index is 15.3. The zero-order valence-corrected chi connectivity index (χ0v) is 23.2. The van der Waals surface area contributed by atoms with E-state index in [1.54, 1.807) is 32.6 Å². The molecule has 6 heterocycles. The zero-order chi connectivity index (χ0) is 29.4. The zero-order valence-electron chi connectivity index (χ0n) is 23.2. The third-order valence-electron chi connectivity index (χ3n) is 8.78. The minimum absolute atomic E-state index is 0.0775. The number of H-pyrrole nitrogens is 1. The Morgan fingerprint density at radius 2 is 2.02 bits per heavy atom. The van der Waals surface area contributed by atoms with Crippen LogP contribution in [-0.4, -0.2) is 75.3 Å². The number of likely N-dealkylation sites (tertiary alicyclic amines) is 1. The first-order valence-electron chi connectivity index (χ1n) is 13.6. The highest BCUT2D eigenvalue weighted by molar-refractivity contribution is 6.20. The molecule has 212 valence electrons. The van der Waals surface area contributed by atoms with E-state index in [9.17, 15) is 20.0 Å². The second-order valence-electron chi connectivity index (χ2n) is 11.2. The molecule has 7 rings (SSSR count). The van der Waals surface area contributed by atoms with Gasteiger partial charge < -0.3 is 29.8 Å². The van der Waals surface area contributed by atoms with Gasteiger partial charge in [-0.2, -0.15) is 5.26 Å². The number of carbonyl (C=O) groups is 1. The molecule has 2 saturated heterocycles. The summed E-state index contributed by atoms with van der Waals surface area (Å²) in [6.07, 6.45) is 5.58. The normalized spacial score (nSPS) is 18.7. The van der Waals surface area contributed by atoms with Crippen molar-refractivity contribution >= 4 is 50.3 Å². The van der Waals surface area contributed by atoms with Crippen molar-refractivity contribution < 1.29 is 14.3 Å². The predicted molar refractivity (Wildman–Crippen MR) is 157 cm³/mol. The minimum Gasteiger partial charge on any atom is -0.477 e. The minimum atomic E-state index is -1.31. The summed E-state index contributed by atoms with van der Waals surface area (Å²) >= 11 is 0. The first kappa shape index (κ1) is 25.9. The van der Waals surface area contributed by atoms with Gasteiger partial charge in [0.05, 0.1) is 33.2 Å². The molecular weight excluding hydrogens is 539 g/mol. The molecule has 0 aliphatic carbocycles. The molecule has 0 spiro atoms. The maximum atomic E-state index is 15.3. The van der Waals surface area contributed by atoms with Crippen LogP contribution in [0.5, 0.6) is 0 Å². The summed E-state index contributed by atoms with van der Waals surface area (Å²) in [5.41, 5.74) is 2.90. The lowest BCUT2D eigenvalue weighted by Crippen LogP contribution is -2.35. The Bertz CT molecular complexity index is 2080. The van der Waals surface area contributed by atoms with Gasteiger partial charge in [0.15, 0.2) is 0 Å². The molecule has 12 heteroatoms. The summed E-state index contributed by atoms with van der Waals surface area (Å²) in [6, 6.07) is 5.20. The van der Waals surface area contributed by atoms with Gasteiger partial charge in [0.2, 0.25) is 5.43 Å². The van der Waals surface area contributed by atoms with E-state index < -0.39 is 17.2 Å². The van der Waals surface area contributed by atoms with E-state index in [1.165, 1.54) is 16.8 Å². The molecule has 0 radical (unpaired) electrons. The van der Waals surface area contributed by atoms with E-state index >= 15 is 4.39 Å². The number of hydrogen-bond acceptors (Lipinski definition) is 8. The van der Waals surface area contributed by atoms with Crippen molar-refractivity contribution in [3.05, 3.63) is 57.9 Å². The number of nitrogens with one attached hydrogen (secondary N) is 2. The molecule has 1 aromatic carbocycles. The number of aromatic nitrogens is 4. The number of aryl methyl sites for hydroxylation is 1. The van der Waals surface area contributed by atoms with Crippen molar-refractivity contribution in [2.24, 2.45) is 13.0 Å². The number of aromatic amines is 1. The molecule has 0 bridgehead atoms. The van der Waals surface area contributed by atoms with E-state index in [2.05, 4.69) is 38.2 Å². The smallest absolute Gasteiger partial charge is 0.341 e. The van der Waals surface area contributed by atoms with Crippen molar-refractivity contribution in [1.29, 1.82) is 5.26 Å². The van der Waals surface area contributed by atoms with Gasteiger partial charge in [-0.1, -0.05) is 0 Å². The van der Waals surface area contributed by atoms with Crippen LogP contribution in [0.25, 0.3) is 44.1 Å². The number of fused-ring (bicyclic) bond motifs is 5. The number of benzene rings is 1. The number of likely N-dealkylation sites (N-methyl/N-ethyl adjacent to an activating group) is 1. The fourth-order valence-electron chi connectivity index (χ4n) is 6.91. The first-order chi connectivity index (χ1) is 20.2. The van der Waals surface area contributed by atoms with Crippen LogP contribution in [0.15, 0.2) is 35.5 Å². The number of carboxylic acid groups (broad SMARTS) is 1. The van der Waals surface area contributed by atoms with Crippen LogP contribution in [0.4, 0.5) is 15.8 Å². The van der Waals surface area contributed by atoms with Gasteiger partial charge in [-0.05, 0) is 25.5 Å². The van der Waals surface area contributed by atoms with Gasteiger partial charge >= 0.3 is 5.97 Å². The van der Waals surface area contributed by atoms with Gasteiger partial charge in [-0.25, -0.2) is 19.2 Å². The number of hydrogen-bond donors (Lipinski definition) is 3. The summed E-state index contributed by atoms with van der Waals surface area (Å²) < 4.78 is 16.8. The summed E-state index contributed by atoms with van der Waals surface area (Å²) in [4.78, 5) is 42.2. The highest BCUT2D eigenvalue weighted by Gasteiger charge is 2.42. The fourth-order valence-corrected chi connectivity index (χ4v) is 6.91. The molecule has 2 atom stereocenters. The SMILES string of the molecule is CNc1cc(F)c(C#N)c2c1[nH]c1ncc(-c3cnc4c(c3)c(=O)c(C(=O)O)cn4C)c(N3CC[C@H]4CN(C)C[C@H]43)c12. The standard InChI is InChI=1S/C30H27FN8O3/c1-33-21-7-20(31)17(8-32)23-24-26(39-5-4-14-11-37(2)13-22(14)39)18(10-34-28(24)36-25(21)23)15-6-16-27(40)19(30(41)42)12-38(3)29(16)35-9-15/h6-7,9-10,12,14,22,33H,4-5,11,13H2,1-3H3,(H,34,36)(H,41,42)/t14-,22+/m0/s1. The van der Waals surface area contributed by atoms with E-state index in [4.69, 9.17) is 4.98 Å². The summed E-state index contributed by atoms with van der Waals surface area (Å²) in [6.45, 7) is 2.56. The van der Waals surface area contributed by atoms with E-state index in [0.29, 0.717) is 50.3 Å². The van der Waals surface area contributed by atoms with Gasteiger partial charge in [0.25, 0.3) is 0 Å². The molecule has 11 nitrogen and oxygen atoms in total. The molecule has 2 aliphatic heterocycles. The van der Waals surface area contributed by atoms with Crippen LogP contribution in [0.3, 0.4) is 0 Å². The monoisotopic (exact) mass is 566 g/mol. The summed E-state index contributed by atoms with van der Waals surface area (Å²) in [7, 11) is 5.43. The Morgan fingerprint density at radius 1 is 1.21 bits per heavy atom. The average Bonchev–Trinajstić information content (AvgIpc) is 3.66. The van der Waals surface area contributed by atoms with Crippen LogP contribution < -0.4 is 15.6 Å². The molecule has 42 heavy (non-hydrogen) atoms. The highest BCUT2D eigenvalue weighted by atomic mass is 19.1. The van der Waals surface area contributed by atoms with Crippen molar-refractivity contribution in [3.8, 4) is 17.2 Å². The molecule has 0 amide bonds. The Kier molecular flexibility index (Phi) is 5.71. The lowest BCUT2D eigenvalue weighted by atomic mass is 9.98. The fraction of sp³-hybridized carbons (Fsp3) is 0.300. The number of rotatable bonds is 4. The number of halogens is 1. The number of anilines is 2. The summed E-state index contributed by atoms with van der Waals surface area (Å²) in [5.74, 6) is -1.51. The maximum Gasteiger partial charge on any atom is 0.341 e. The molecule has 4 aromatic heterocycles. The average molecular weight is 567 g/mol. The molecular formula is C30H27FN8O3. The Morgan fingerprint density at radius 3 is 2.76 bits per heavy atom. The number of nitrogens with zero attached hydrogens (tertiary/aromatic N) is 6. The van der Waals surface area contributed by atoms with E-state index in [-0.39, 0.29) is 22.6 Å². The van der Waals surface area contributed by atoms with E-state index in [1.807, 2.05) is 0 Å². The number of nitriles is 1. The molecule has 3 N–H and O–H groups in total. The summed E-state index contributed by atoms with van der Waals surface area (Å²) in [5, 5.41) is 23.9. The van der Waals surface area contributed by atoms with Crippen molar-refractivity contribution in [3.63, 3.8) is 0 Å². The molecule has 2 fully saturated rings. The van der Waals surface area contributed by atoms with Crippen LogP contribution in [-0.2, 0) is 7.05 Å². The lowest BCUT2D eigenvalue weighted by Gasteiger charge is -2.29. The Labute approximate surface area is 238 Å². The Balaban J connectivity index is 1.59. The second kappa shape index (κ2) is 9.25. The van der Waals surface area contributed by atoms with Gasteiger partial charge in [-0.15, -0.1) is 0 Å². The van der Waals surface area contributed by atoms with Gasteiger partial charge in [-0.3, -0.25) is 4.79 Å². The molecule has 2 aliphatic rings. The highest BCUT2D eigenvalue weighted by Crippen LogP contribution is 2.47. The van der Waals surface area contributed by atoms with Gasteiger partial charge in [0, 0.05) is 80.9 Å². The quantitative estimate of drug-likeness (QED) is 0.298. The second-order valence-corrected chi connectivity index (χ2v) is 11.2. The molecule has 5 aromatic rings. The van der Waals surface area contributed by atoms with Gasteiger partial charge in [0.1, 0.15) is 28.7 Å². The van der Waals surface area contributed by atoms with E-state index in [0.717, 1.165) is 31.7 Å². The Hall–Kier alpha value is -5.02. The van der Waals surface area contributed by atoms with Crippen LogP contribution in [0.1, 0.15) is 22.3 Å². The molecule has 0 saturated carbocycles. The van der Waals surface area contributed by atoms with Crippen LogP contribution >= 0.6 is 0 Å². The largest absolute Gasteiger partial charge is 0.477 e. The lowest BCUT2D eigenvalue weighted by molar-refractivity contribution is 0.0695. The molecule has 0 unspecified atom stereocenters. The van der Waals surface area contributed by atoms with Crippen molar-refractivity contribution in [2.45, 2.75) is 12.5 Å². The number of aromatic carboxylic acids is 1. The van der Waals surface area contributed by atoms with Crippen molar-refractivity contribution in [1.82, 2.24) is 24.4 Å². The van der Waals surface area contributed by atoms with Crippen LogP contribution in [0, 0.1) is 23.1 Å². The topological polar surface area (TPSA) is 143 Å². The number of carboxylic acids is 1.